The summed E-state index contributed by atoms with van der Waals surface area (Å²) in [6.07, 6.45) is 3.20. The summed E-state index contributed by atoms with van der Waals surface area (Å²) in [7, 11) is 5.09. The first-order valence-electron chi connectivity index (χ1n) is 11.2. The van der Waals surface area contributed by atoms with Crippen molar-refractivity contribution in [3.8, 4) is 17.2 Å². The molecule has 170 valence electrons. The van der Waals surface area contributed by atoms with Gasteiger partial charge in [-0.25, -0.2) is 0 Å². The summed E-state index contributed by atoms with van der Waals surface area (Å²) in [6.45, 7) is 6.94. The summed E-state index contributed by atoms with van der Waals surface area (Å²) in [4.78, 5) is 0. The molecule has 1 fully saturated rings. The Balaban J connectivity index is 1.68. The van der Waals surface area contributed by atoms with Crippen molar-refractivity contribution in [1.82, 2.24) is 5.32 Å². The molecule has 0 radical (unpaired) electrons. The molecule has 0 spiro atoms. The van der Waals surface area contributed by atoms with E-state index in [1.165, 1.54) is 11.1 Å². The van der Waals surface area contributed by atoms with E-state index in [0.717, 1.165) is 56.2 Å². The van der Waals surface area contributed by atoms with E-state index >= 15 is 0 Å². The van der Waals surface area contributed by atoms with E-state index in [9.17, 15) is 0 Å². The van der Waals surface area contributed by atoms with E-state index in [1.807, 2.05) is 18.2 Å². The maximum Gasteiger partial charge on any atom is 0.161 e. The first-order chi connectivity index (χ1) is 15.0. The zero-order valence-electron chi connectivity index (χ0n) is 19.6. The molecule has 0 bridgehead atoms. The van der Waals surface area contributed by atoms with Gasteiger partial charge in [-0.15, -0.1) is 0 Å². The van der Waals surface area contributed by atoms with Crippen LogP contribution in [0.4, 0.5) is 0 Å². The van der Waals surface area contributed by atoms with Crippen LogP contribution in [0.3, 0.4) is 0 Å². The summed E-state index contributed by atoms with van der Waals surface area (Å²) in [5, 5.41) is 3.62. The lowest BCUT2D eigenvalue weighted by Crippen LogP contribution is -2.37. The highest BCUT2D eigenvalue weighted by atomic mass is 16.5. The van der Waals surface area contributed by atoms with Crippen LogP contribution in [0.25, 0.3) is 0 Å². The molecule has 1 aliphatic heterocycles. The van der Waals surface area contributed by atoms with Gasteiger partial charge in [-0.3, -0.25) is 0 Å². The summed E-state index contributed by atoms with van der Waals surface area (Å²) in [6, 6.07) is 14.5. The number of methoxy groups -OCH3 is 3. The molecule has 1 aliphatic rings. The second-order valence-electron chi connectivity index (χ2n) is 8.86. The van der Waals surface area contributed by atoms with E-state index in [-0.39, 0.29) is 5.60 Å². The van der Waals surface area contributed by atoms with Gasteiger partial charge in [0.05, 0.1) is 26.9 Å². The molecule has 1 N–H and O–H groups in total. The van der Waals surface area contributed by atoms with E-state index in [0.29, 0.717) is 11.8 Å². The molecule has 5 heteroatoms. The van der Waals surface area contributed by atoms with Crippen LogP contribution in [0.1, 0.15) is 50.2 Å². The molecule has 0 aliphatic carbocycles. The van der Waals surface area contributed by atoms with Crippen molar-refractivity contribution in [3.05, 3.63) is 53.6 Å². The van der Waals surface area contributed by atoms with Crippen molar-refractivity contribution < 1.29 is 18.9 Å². The number of hydrogen-bond donors (Lipinski definition) is 1. The molecule has 0 aromatic heterocycles. The molecule has 5 nitrogen and oxygen atoms in total. The Bertz CT molecular complexity index is 836. The van der Waals surface area contributed by atoms with Gasteiger partial charge in [0.25, 0.3) is 0 Å². The van der Waals surface area contributed by atoms with Crippen molar-refractivity contribution in [2.45, 2.75) is 51.2 Å². The summed E-state index contributed by atoms with van der Waals surface area (Å²) in [5.41, 5.74) is 2.41. The third kappa shape index (κ3) is 6.14. The first kappa shape index (κ1) is 23.4. The van der Waals surface area contributed by atoms with E-state index in [1.54, 1.807) is 21.3 Å². The fourth-order valence-electron chi connectivity index (χ4n) is 4.72. The van der Waals surface area contributed by atoms with Crippen molar-refractivity contribution in [2.24, 2.45) is 5.92 Å². The van der Waals surface area contributed by atoms with E-state index in [4.69, 9.17) is 18.9 Å². The lowest BCUT2D eigenvalue weighted by Gasteiger charge is -2.40. The standard InChI is InChI=1S/C26H37NO4/c1-26(2)17-20(13-15-31-26)21(22-8-6-7-9-23(22)28-3)12-14-27-18-19-10-11-24(29-4)25(16-19)30-5/h6-11,16,20-21,27H,12-15,17-18H2,1-5H3. The molecule has 0 amide bonds. The normalized spacial score (nSPS) is 18.9. The minimum Gasteiger partial charge on any atom is -0.496 e. The molecular formula is C26H37NO4. The van der Waals surface area contributed by atoms with Gasteiger partial charge >= 0.3 is 0 Å². The van der Waals surface area contributed by atoms with Crippen molar-refractivity contribution in [2.75, 3.05) is 34.5 Å². The van der Waals surface area contributed by atoms with Crippen LogP contribution in [0.5, 0.6) is 17.2 Å². The summed E-state index contributed by atoms with van der Waals surface area (Å²) in [5.74, 6) is 3.50. The molecule has 2 atom stereocenters. The molecule has 0 saturated carbocycles. The number of benzene rings is 2. The average Bonchev–Trinajstić information content (AvgIpc) is 2.78. The minimum atomic E-state index is -0.0732. The van der Waals surface area contributed by atoms with Crippen LogP contribution in [0.15, 0.2) is 42.5 Å². The Kier molecular flexibility index (Phi) is 8.22. The fraction of sp³-hybridized carbons (Fsp3) is 0.538. The molecular weight excluding hydrogens is 390 g/mol. The number of para-hydroxylation sites is 1. The van der Waals surface area contributed by atoms with Crippen LogP contribution in [0.2, 0.25) is 0 Å². The van der Waals surface area contributed by atoms with Gasteiger partial charge in [0, 0.05) is 13.2 Å². The van der Waals surface area contributed by atoms with Gasteiger partial charge in [-0.2, -0.15) is 0 Å². The number of rotatable bonds is 10. The third-order valence-corrected chi connectivity index (χ3v) is 6.25. The van der Waals surface area contributed by atoms with Gasteiger partial charge < -0.3 is 24.3 Å². The molecule has 2 unspecified atom stereocenters. The quantitative estimate of drug-likeness (QED) is 0.530. The maximum atomic E-state index is 5.99. The third-order valence-electron chi connectivity index (χ3n) is 6.25. The molecule has 1 saturated heterocycles. The van der Waals surface area contributed by atoms with Crippen LogP contribution in [0, 0.1) is 5.92 Å². The van der Waals surface area contributed by atoms with Crippen LogP contribution in [-0.4, -0.2) is 40.1 Å². The molecule has 3 rings (SSSR count). The Morgan fingerprint density at radius 2 is 1.74 bits per heavy atom. The average molecular weight is 428 g/mol. The Morgan fingerprint density at radius 3 is 2.45 bits per heavy atom. The highest BCUT2D eigenvalue weighted by Crippen LogP contribution is 2.42. The lowest BCUT2D eigenvalue weighted by atomic mass is 9.75. The largest absolute Gasteiger partial charge is 0.496 e. The number of ether oxygens (including phenoxy) is 4. The second-order valence-corrected chi connectivity index (χ2v) is 8.86. The molecule has 2 aromatic carbocycles. The van der Waals surface area contributed by atoms with Crippen LogP contribution < -0.4 is 19.5 Å². The highest BCUT2D eigenvalue weighted by Gasteiger charge is 2.34. The minimum absolute atomic E-state index is 0.0732. The Hall–Kier alpha value is -2.24. The SMILES string of the molecule is COc1ccc(CNCCC(c2ccccc2OC)C2CCOC(C)(C)C2)cc1OC. The smallest absolute Gasteiger partial charge is 0.161 e. The van der Waals surface area contributed by atoms with Gasteiger partial charge in [0.15, 0.2) is 11.5 Å². The molecule has 1 heterocycles. The fourth-order valence-corrected chi connectivity index (χ4v) is 4.72. The zero-order valence-corrected chi connectivity index (χ0v) is 19.6. The van der Waals surface area contributed by atoms with E-state index in [2.05, 4.69) is 43.4 Å². The molecule has 2 aromatic rings. The highest BCUT2D eigenvalue weighted by molar-refractivity contribution is 5.42. The monoisotopic (exact) mass is 427 g/mol. The Morgan fingerprint density at radius 1 is 1.00 bits per heavy atom. The molecule has 31 heavy (non-hydrogen) atoms. The number of hydrogen-bond acceptors (Lipinski definition) is 5. The Labute approximate surface area is 187 Å². The van der Waals surface area contributed by atoms with E-state index < -0.39 is 0 Å². The van der Waals surface area contributed by atoms with Gasteiger partial charge in [-0.05, 0) is 80.8 Å². The zero-order chi connectivity index (χ0) is 22.3. The van der Waals surface area contributed by atoms with Gasteiger partial charge in [-0.1, -0.05) is 24.3 Å². The topological polar surface area (TPSA) is 49.0 Å². The van der Waals surface area contributed by atoms with Crippen molar-refractivity contribution in [1.29, 1.82) is 0 Å². The summed E-state index contributed by atoms with van der Waals surface area (Å²) >= 11 is 0. The maximum absolute atomic E-state index is 5.99. The predicted octanol–water partition coefficient (Wildman–Crippen LogP) is 5.18. The van der Waals surface area contributed by atoms with Crippen LogP contribution in [-0.2, 0) is 11.3 Å². The summed E-state index contributed by atoms with van der Waals surface area (Å²) < 4.78 is 22.5. The predicted molar refractivity (Wildman–Crippen MR) is 124 cm³/mol. The first-order valence-corrected chi connectivity index (χ1v) is 11.2. The second kappa shape index (κ2) is 10.9. The van der Waals surface area contributed by atoms with Crippen molar-refractivity contribution in [3.63, 3.8) is 0 Å². The lowest BCUT2D eigenvalue weighted by molar-refractivity contribution is -0.0772. The van der Waals surface area contributed by atoms with Gasteiger partial charge in [0.2, 0.25) is 0 Å². The van der Waals surface area contributed by atoms with Crippen LogP contribution >= 0.6 is 0 Å². The number of nitrogens with one attached hydrogen (secondary N) is 1. The van der Waals surface area contributed by atoms with Gasteiger partial charge in [0.1, 0.15) is 5.75 Å². The van der Waals surface area contributed by atoms with Crippen molar-refractivity contribution >= 4 is 0 Å².